The third-order valence-corrected chi connectivity index (χ3v) is 4.86. The highest BCUT2D eigenvalue weighted by Gasteiger charge is 2.22. The molecule has 2 heterocycles. The van der Waals surface area contributed by atoms with E-state index in [0.717, 1.165) is 18.1 Å². The monoisotopic (exact) mass is 266 g/mol. The molecule has 3 rings (SSSR count). The van der Waals surface area contributed by atoms with Gasteiger partial charge in [-0.15, -0.1) is 11.3 Å². The van der Waals surface area contributed by atoms with Gasteiger partial charge in [-0.2, -0.15) is 0 Å². The third kappa shape index (κ3) is 1.92. The molecule has 90 valence electrons. The van der Waals surface area contributed by atoms with Crippen molar-refractivity contribution in [1.29, 1.82) is 0 Å². The Kier molecular flexibility index (Phi) is 2.99. The molecule has 1 saturated heterocycles. The lowest BCUT2D eigenvalue weighted by Crippen LogP contribution is -2.29. The summed E-state index contributed by atoms with van der Waals surface area (Å²) < 4.78 is 1.21. The predicted molar refractivity (Wildman–Crippen MR) is 76.5 cm³/mol. The lowest BCUT2D eigenvalue weighted by atomic mass is 10.2. The Balaban J connectivity index is 2.01. The second-order valence-corrected chi connectivity index (χ2v) is 5.77. The predicted octanol–water partition coefficient (Wildman–Crippen LogP) is 3.35. The summed E-state index contributed by atoms with van der Waals surface area (Å²) in [6.07, 6.45) is 1.21. The van der Waals surface area contributed by atoms with Gasteiger partial charge in [0.25, 0.3) is 0 Å². The summed E-state index contributed by atoms with van der Waals surface area (Å²) in [6.45, 7) is 2.21. The number of halogens is 1. The number of anilines is 1. The molecule has 1 aromatic heterocycles. The Morgan fingerprint density at radius 1 is 1.41 bits per heavy atom. The van der Waals surface area contributed by atoms with E-state index >= 15 is 0 Å². The fourth-order valence-corrected chi connectivity index (χ4v) is 3.62. The van der Waals surface area contributed by atoms with Crippen LogP contribution in [0.15, 0.2) is 23.6 Å². The first-order chi connectivity index (χ1) is 8.29. The molecule has 4 heteroatoms. The third-order valence-electron chi connectivity index (χ3n) is 3.48. The van der Waals surface area contributed by atoms with Crippen molar-refractivity contribution in [3.8, 4) is 0 Å². The molecule has 0 bridgehead atoms. The average Bonchev–Trinajstić information content (AvgIpc) is 2.98. The molecule has 2 aromatic rings. The SMILES string of the molecule is CN[C@@H]1CCN(c2ccc(Cl)c3sccc23)C1. The Bertz CT molecular complexity index is 537. The molecule has 1 aliphatic heterocycles. The van der Waals surface area contributed by atoms with Gasteiger partial charge in [0.1, 0.15) is 0 Å². The van der Waals surface area contributed by atoms with Crippen molar-refractivity contribution in [3.63, 3.8) is 0 Å². The van der Waals surface area contributed by atoms with Crippen LogP contribution in [0.25, 0.3) is 10.1 Å². The van der Waals surface area contributed by atoms with E-state index in [0.29, 0.717) is 6.04 Å². The summed E-state index contributed by atoms with van der Waals surface area (Å²) in [6, 6.07) is 6.95. The topological polar surface area (TPSA) is 15.3 Å². The summed E-state index contributed by atoms with van der Waals surface area (Å²) in [5, 5.41) is 7.62. The van der Waals surface area contributed by atoms with Crippen LogP contribution in [0.2, 0.25) is 5.02 Å². The fraction of sp³-hybridized carbons (Fsp3) is 0.385. The van der Waals surface area contributed by atoms with Crippen LogP contribution in [-0.2, 0) is 0 Å². The van der Waals surface area contributed by atoms with Crippen LogP contribution in [0.1, 0.15) is 6.42 Å². The molecular formula is C13H15ClN2S. The molecule has 1 aliphatic rings. The molecule has 17 heavy (non-hydrogen) atoms. The summed E-state index contributed by atoms with van der Waals surface area (Å²) >= 11 is 7.93. The Labute approximate surface area is 110 Å². The number of rotatable bonds is 2. The number of hydrogen-bond acceptors (Lipinski definition) is 3. The van der Waals surface area contributed by atoms with Gasteiger partial charge in [-0.25, -0.2) is 0 Å². The maximum atomic E-state index is 6.21. The minimum Gasteiger partial charge on any atom is -0.369 e. The number of fused-ring (bicyclic) bond motifs is 1. The molecule has 0 aliphatic carbocycles. The van der Waals surface area contributed by atoms with Crippen molar-refractivity contribution in [2.75, 3.05) is 25.0 Å². The summed E-state index contributed by atoms with van der Waals surface area (Å²) in [7, 11) is 2.04. The first kappa shape index (κ1) is 11.3. The highest BCUT2D eigenvalue weighted by atomic mass is 35.5. The van der Waals surface area contributed by atoms with E-state index in [1.54, 1.807) is 11.3 Å². The quantitative estimate of drug-likeness (QED) is 0.897. The van der Waals surface area contributed by atoms with Gasteiger partial charge in [-0.3, -0.25) is 0 Å². The van der Waals surface area contributed by atoms with E-state index in [2.05, 4.69) is 27.7 Å². The Morgan fingerprint density at radius 3 is 3.06 bits per heavy atom. The average molecular weight is 267 g/mol. The van der Waals surface area contributed by atoms with Crippen molar-refractivity contribution >= 4 is 38.7 Å². The Hall–Kier alpha value is -0.770. The number of thiophene rings is 1. The molecule has 0 saturated carbocycles. The normalized spacial score (nSPS) is 20.4. The highest BCUT2D eigenvalue weighted by Crippen LogP contribution is 2.36. The van der Waals surface area contributed by atoms with Crippen LogP contribution in [-0.4, -0.2) is 26.2 Å². The van der Waals surface area contributed by atoms with Crippen LogP contribution >= 0.6 is 22.9 Å². The summed E-state index contributed by atoms with van der Waals surface area (Å²) in [4.78, 5) is 2.45. The maximum Gasteiger partial charge on any atom is 0.0585 e. The van der Waals surface area contributed by atoms with E-state index in [-0.39, 0.29) is 0 Å². The molecule has 1 N–H and O–H groups in total. The zero-order chi connectivity index (χ0) is 11.8. The summed E-state index contributed by atoms with van der Waals surface area (Å²) in [5.41, 5.74) is 1.32. The van der Waals surface area contributed by atoms with Crippen molar-refractivity contribution in [1.82, 2.24) is 5.32 Å². The number of nitrogens with one attached hydrogen (secondary N) is 1. The zero-order valence-corrected chi connectivity index (χ0v) is 11.3. The molecule has 1 fully saturated rings. The van der Waals surface area contributed by atoms with Crippen LogP contribution < -0.4 is 10.2 Å². The van der Waals surface area contributed by atoms with E-state index in [1.165, 1.54) is 22.2 Å². The number of nitrogens with zero attached hydrogens (tertiary/aromatic N) is 1. The number of hydrogen-bond donors (Lipinski definition) is 1. The minimum absolute atomic E-state index is 0.611. The van der Waals surface area contributed by atoms with Crippen molar-refractivity contribution in [3.05, 3.63) is 28.6 Å². The Morgan fingerprint density at radius 2 is 2.29 bits per heavy atom. The largest absolute Gasteiger partial charge is 0.369 e. The van der Waals surface area contributed by atoms with Gasteiger partial charge < -0.3 is 10.2 Å². The zero-order valence-electron chi connectivity index (χ0n) is 9.74. The van der Waals surface area contributed by atoms with Crippen molar-refractivity contribution in [2.24, 2.45) is 0 Å². The second-order valence-electron chi connectivity index (χ2n) is 4.45. The molecule has 2 nitrogen and oxygen atoms in total. The molecule has 0 amide bonds. The molecule has 0 spiro atoms. The van der Waals surface area contributed by atoms with E-state index in [1.807, 2.05) is 13.1 Å². The molecule has 0 unspecified atom stereocenters. The first-order valence-electron chi connectivity index (χ1n) is 5.87. The fourth-order valence-electron chi connectivity index (χ4n) is 2.50. The molecular weight excluding hydrogens is 252 g/mol. The van der Waals surface area contributed by atoms with Crippen LogP contribution in [0.4, 0.5) is 5.69 Å². The lowest BCUT2D eigenvalue weighted by Gasteiger charge is -2.20. The van der Waals surface area contributed by atoms with Gasteiger partial charge in [0.05, 0.1) is 9.72 Å². The van der Waals surface area contributed by atoms with Crippen LogP contribution in [0.3, 0.4) is 0 Å². The first-order valence-corrected chi connectivity index (χ1v) is 7.13. The van der Waals surface area contributed by atoms with E-state index in [9.17, 15) is 0 Å². The maximum absolute atomic E-state index is 6.21. The van der Waals surface area contributed by atoms with Crippen LogP contribution in [0, 0.1) is 0 Å². The molecule has 1 aromatic carbocycles. The highest BCUT2D eigenvalue weighted by molar-refractivity contribution is 7.18. The second kappa shape index (κ2) is 4.48. The van der Waals surface area contributed by atoms with Gasteiger partial charge in [0.2, 0.25) is 0 Å². The van der Waals surface area contributed by atoms with Gasteiger partial charge in [-0.05, 0) is 37.0 Å². The summed E-state index contributed by atoms with van der Waals surface area (Å²) in [5.74, 6) is 0. The van der Waals surface area contributed by atoms with E-state index in [4.69, 9.17) is 11.6 Å². The van der Waals surface area contributed by atoms with Crippen molar-refractivity contribution in [2.45, 2.75) is 12.5 Å². The van der Waals surface area contributed by atoms with E-state index < -0.39 is 0 Å². The molecule has 1 atom stereocenters. The minimum atomic E-state index is 0.611. The smallest absolute Gasteiger partial charge is 0.0585 e. The standard InChI is InChI=1S/C13H15ClN2S/c1-15-9-4-6-16(8-9)12-3-2-11(14)13-10(12)5-7-17-13/h2-3,5,7,9,15H,4,6,8H2,1H3/t9-/m1/s1. The van der Waals surface area contributed by atoms with Gasteiger partial charge >= 0.3 is 0 Å². The van der Waals surface area contributed by atoms with Crippen molar-refractivity contribution < 1.29 is 0 Å². The number of benzene rings is 1. The lowest BCUT2D eigenvalue weighted by molar-refractivity contribution is 0.617. The van der Waals surface area contributed by atoms with Gasteiger partial charge in [0, 0.05) is 30.2 Å². The van der Waals surface area contributed by atoms with Crippen LogP contribution in [0.5, 0.6) is 0 Å². The van der Waals surface area contributed by atoms with Gasteiger partial charge in [0.15, 0.2) is 0 Å². The number of likely N-dealkylation sites (N-methyl/N-ethyl adjacent to an activating group) is 1. The van der Waals surface area contributed by atoms with Gasteiger partial charge in [-0.1, -0.05) is 11.6 Å². The molecule has 0 radical (unpaired) electrons.